The summed E-state index contributed by atoms with van der Waals surface area (Å²) in [6.45, 7) is 3.80. The minimum Gasteiger partial charge on any atom is -0.508 e. The van der Waals surface area contributed by atoms with Gasteiger partial charge in [-0.15, -0.1) is 5.10 Å². The maximum atomic E-state index is 13.8. The summed E-state index contributed by atoms with van der Waals surface area (Å²) in [5.41, 5.74) is 9.92. The summed E-state index contributed by atoms with van der Waals surface area (Å²) in [5.74, 6) is 1.17. The van der Waals surface area contributed by atoms with Crippen LogP contribution in [-0.2, 0) is 0 Å². The molecule has 0 saturated heterocycles. The lowest BCUT2D eigenvalue weighted by molar-refractivity contribution is 0.475. The second kappa shape index (κ2) is 9.59. The lowest BCUT2D eigenvalue weighted by Crippen LogP contribution is -2.29. The standard InChI is InChI=1S/C29H24N10O3/c1-15-8-9-38-23(15)28(41)39(19-6-4-3-5-7-19)26(37-38)16(2)34-25-22-21(13-31-24(22)32-14-33-25)17-10-18(12-20(40)11-17)27-35-36-29(30)42-27/h3-14,16,40H,1-2H3,(H2,30,36)(H2,31,32,33,34). The molecule has 208 valence electrons. The van der Waals surface area contributed by atoms with Gasteiger partial charge in [0.1, 0.15) is 29.1 Å². The molecule has 5 N–H and O–H groups in total. The Morgan fingerprint density at radius 1 is 1.07 bits per heavy atom. The number of aromatic hydroxyl groups is 1. The number of fused-ring (bicyclic) bond motifs is 2. The molecule has 13 heteroatoms. The third kappa shape index (κ3) is 4.11. The van der Waals surface area contributed by atoms with Crippen LogP contribution in [0.25, 0.3) is 44.8 Å². The Bertz CT molecular complexity index is 2160. The molecule has 2 aromatic carbocycles. The van der Waals surface area contributed by atoms with Crippen molar-refractivity contribution < 1.29 is 9.52 Å². The van der Waals surface area contributed by atoms with E-state index in [1.807, 2.05) is 50.2 Å². The zero-order valence-corrected chi connectivity index (χ0v) is 22.5. The number of nitrogens with two attached hydrogens (primary N) is 1. The summed E-state index contributed by atoms with van der Waals surface area (Å²) in [6, 6.07) is 15.7. The quantitative estimate of drug-likeness (QED) is 0.230. The Balaban J connectivity index is 1.35. The van der Waals surface area contributed by atoms with Gasteiger partial charge in [-0.3, -0.25) is 9.36 Å². The van der Waals surface area contributed by atoms with Gasteiger partial charge in [0, 0.05) is 23.5 Å². The lowest BCUT2D eigenvalue weighted by Gasteiger charge is -2.20. The van der Waals surface area contributed by atoms with E-state index in [0.29, 0.717) is 45.0 Å². The molecule has 7 aromatic rings. The number of H-pyrrole nitrogens is 1. The minimum absolute atomic E-state index is 0.000236. The van der Waals surface area contributed by atoms with Gasteiger partial charge in [-0.1, -0.05) is 23.3 Å². The van der Waals surface area contributed by atoms with E-state index < -0.39 is 6.04 Å². The van der Waals surface area contributed by atoms with E-state index in [1.54, 1.807) is 33.6 Å². The van der Waals surface area contributed by atoms with Crippen molar-refractivity contribution in [1.29, 1.82) is 0 Å². The van der Waals surface area contributed by atoms with Gasteiger partial charge < -0.3 is 25.6 Å². The number of benzene rings is 2. The molecule has 5 heterocycles. The fraction of sp³-hybridized carbons (Fsp3) is 0.103. The fourth-order valence-corrected chi connectivity index (χ4v) is 5.15. The number of nitrogen functional groups attached to an aromatic ring is 1. The topological polar surface area (TPSA) is 178 Å². The fourth-order valence-electron chi connectivity index (χ4n) is 5.15. The average Bonchev–Trinajstić information content (AvgIpc) is 3.72. The highest BCUT2D eigenvalue weighted by atomic mass is 16.4. The number of aryl methyl sites for hydroxylation is 1. The molecule has 5 aromatic heterocycles. The van der Waals surface area contributed by atoms with E-state index in [2.05, 4.69) is 30.5 Å². The van der Waals surface area contributed by atoms with Crippen molar-refractivity contribution in [2.24, 2.45) is 0 Å². The van der Waals surface area contributed by atoms with Crippen LogP contribution in [-0.4, -0.2) is 44.4 Å². The van der Waals surface area contributed by atoms with E-state index >= 15 is 0 Å². The van der Waals surface area contributed by atoms with Gasteiger partial charge in [-0.2, -0.15) is 5.10 Å². The number of aromatic nitrogens is 8. The number of aromatic amines is 1. The van der Waals surface area contributed by atoms with E-state index in [1.165, 1.54) is 12.4 Å². The summed E-state index contributed by atoms with van der Waals surface area (Å²) in [4.78, 5) is 25.9. The third-order valence-corrected chi connectivity index (χ3v) is 7.05. The van der Waals surface area contributed by atoms with E-state index in [0.717, 1.165) is 11.1 Å². The summed E-state index contributed by atoms with van der Waals surface area (Å²) in [5, 5.41) is 27.1. The zero-order valence-electron chi connectivity index (χ0n) is 22.5. The highest BCUT2D eigenvalue weighted by Gasteiger charge is 2.22. The van der Waals surface area contributed by atoms with Gasteiger partial charge in [0.25, 0.3) is 5.56 Å². The summed E-state index contributed by atoms with van der Waals surface area (Å²) < 4.78 is 8.59. The summed E-state index contributed by atoms with van der Waals surface area (Å²) in [6.07, 6.45) is 5.01. The average molecular weight is 561 g/mol. The summed E-state index contributed by atoms with van der Waals surface area (Å²) >= 11 is 0. The molecular weight excluding hydrogens is 536 g/mol. The SMILES string of the molecule is Cc1ccn2nc(C(C)Nc3ncnc4[nH]cc(-c5cc(O)cc(-c6nnc(N)o6)c5)c34)n(-c3ccccc3)c(=O)c12. The smallest absolute Gasteiger partial charge is 0.313 e. The number of phenolic OH excluding ortho intramolecular Hbond substituents is 1. The minimum atomic E-state index is -0.466. The molecule has 1 unspecified atom stereocenters. The molecule has 42 heavy (non-hydrogen) atoms. The molecule has 0 radical (unpaired) electrons. The van der Waals surface area contributed by atoms with Crippen LogP contribution in [0.1, 0.15) is 24.4 Å². The molecule has 0 saturated carbocycles. The first kappa shape index (κ1) is 25.0. The van der Waals surface area contributed by atoms with Crippen molar-refractivity contribution in [2.75, 3.05) is 11.1 Å². The van der Waals surface area contributed by atoms with Crippen LogP contribution in [0.2, 0.25) is 0 Å². The molecule has 0 aliphatic carbocycles. The second-order valence-electron chi connectivity index (χ2n) is 9.85. The molecule has 1 atom stereocenters. The number of hydrogen-bond acceptors (Lipinski definition) is 10. The van der Waals surface area contributed by atoms with Crippen molar-refractivity contribution in [3.8, 4) is 34.0 Å². The highest BCUT2D eigenvalue weighted by Crippen LogP contribution is 2.37. The maximum absolute atomic E-state index is 13.8. The molecule has 0 amide bonds. The molecule has 13 nitrogen and oxygen atoms in total. The van der Waals surface area contributed by atoms with Crippen LogP contribution in [0.4, 0.5) is 11.8 Å². The van der Waals surface area contributed by atoms with Crippen LogP contribution in [0.15, 0.2) is 82.5 Å². The highest BCUT2D eigenvalue weighted by molar-refractivity contribution is 6.01. The normalized spacial score (nSPS) is 12.2. The predicted octanol–water partition coefficient (Wildman–Crippen LogP) is 4.24. The maximum Gasteiger partial charge on any atom is 0.313 e. The number of anilines is 2. The monoisotopic (exact) mass is 560 g/mol. The number of rotatable bonds is 6. The van der Waals surface area contributed by atoms with Crippen molar-refractivity contribution >= 4 is 28.4 Å². The van der Waals surface area contributed by atoms with Crippen LogP contribution in [0.3, 0.4) is 0 Å². The number of nitrogens with zero attached hydrogens (tertiary/aromatic N) is 7. The Kier molecular flexibility index (Phi) is 5.71. The first-order chi connectivity index (χ1) is 20.4. The van der Waals surface area contributed by atoms with Crippen LogP contribution >= 0.6 is 0 Å². The molecule has 0 spiro atoms. The van der Waals surface area contributed by atoms with Crippen LogP contribution < -0.4 is 16.6 Å². The molecule has 0 aliphatic rings. The van der Waals surface area contributed by atoms with Crippen molar-refractivity contribution in [3.05, 3.63) is 95.1 Å². The third-order valence-electron chi connectivity index (χ3n) is 7.05. The molecule has 0 fully saturated rings. The molecular formula is C29H24N10O3. The molecule has 0 aliphatic heterocycles. The largest absolute Gasteiger partial charge is 0.508 e. The number of nitrogens with one attached hydrogen (secondary N) is 2. The van der Waals surface area contributed by atoms with Crippen molar-refractivity contribution in [2.45, 2.75) is 19.9 Å². The Labute approximate surface area is 237 Å². The van der Waals surface area contributed by atoms with E-state index in [-0.39, 0.29) is 23.2 Å². The van der Waals surface area contributed by atoms with Gasteiger partial charge in [0.2, 0.25) is 5.89 Å². The molecule has 0 bridgehead atoms. The number of phenols is 1. The summed E-state index contributed by atoms with van der Waals surface area (Å²) in [7, 11) is 0. The van der Waals surface area contributed by atoms with Gasteiger partial charge in [-0.25, -0.2) is 14.5 Å². The Morgan fingerprint density at radius 2 is 1.88 bits per heavy atom. The first-order valence-corrected chi connectivity index (χ1v) is 13.1. The van der Waals surface area contributed by atoms with Crippen molar-refractivity contribution in [1.82, 2.24) is 39.3 Å². The van der Waals surface area contributed by atoms with Crippen LogP contribution in [0, 0.1) is 6.92 Å². The Hall–Kier alpha value is -5.98. The zero-order chi connectivity index (χ0) is 29.0. The lowest BCUT2D eigenvalue weighted by atomic mass is 10.0. The predicted molar refractivity (Wildman–Crippen MR) is 156 cm³/mol. The van der Waals surface area contributed by atoms with E-state index in [4.69, 9.17) is 15.2 Å². The first-order valence-electron chi connectivity index (χ1n) is 13.1. The number of para-hydroxylation sites is 1. The van der Waals surface area contributed by atoms with Crippen molar-refractivity contribution in [3.63, 3.8) is 0 Å². The Morgan fingerprint density at radius 3 is 2.67 bits per heavy atom. The van der Waals surface area contributed by atoms with Gasteiger partial charge in [0.05, 0.1) is 17.1 Å². The van der Waals surface area contributed by atoms with E-state index in [9.17, 15) is 9.90 Å². The van der Waals surface area contributed by atoms with Gasteiger partial charge in [-0.05, 0) is 61.4 Å². The molecule has 7 rings (SSSR count). The van der Waals surface area contributed by atoms with Crippen LogP contribution in [0.5, 0.6) is 5.75 Å². The van der Waals surface area contributed by atoms with Gasteiger partial charge >= 0.3 is 6.01 Å². The second-order valence-corrected chi connectivity index (χ2v) is 9.85. The number of hydrogen-bond donors (Lipinski definition) is 4. The van der Waals surface area contributed by atoms with Gasteiger partial charge in [0.15, 0.2) is 5.82 Å².